The third-order valence-corrected chi connectivity index (χ3v) is 2.92. The van der Waals surface area contributed by atoms with Crippen LogP contribution in [0.3, 0.4) is 0 Å². The fourth-order valence-corrected chi connectivity index (χ4v) is 2.02. The van der Waals surface area contributed by atoms with E-state index < -0.39 is 11.9 Å². The van der Waals surface area contributed by atoms with Gasteiger partial charge in [-0.05, 0) is 17.2 Å². The van der Waals surface area contributed by atoms with Crippen LogP contribution in [0, 0.1) is 0 Å². The van der Waals surface area contributed by atoms with E-state index in [1.165, 1.54) is 12.1 Å². The molecule has 0 amide bonds. The van der Waals surface area contributed by atoms with Crippen LogP contribution >= 0.6 is 0 Å². The van der Waals surface area contributed by atoms with Crippen LogP contribution in [0.2, 0.25) is 0 Å². The van der Waals surface area contributed by atoms with Crippen molar-refractivity contribution in [3.8, 4) is 11.1 Å². The Balaban J connectivity index is 2.60. The zero-order chi connectivity index (χ0) is 15.2. The minimum absolute atomic E-state index is 0.0288. The van der Waals surface area contributed by atoms with E-state index in [-0.39, 0.29) is 17.7 Å². The lowest BCUT2D eigenvalue weighted by Crippen LogP contribution is -2.13. The Morgan fingerprint density at radius 1 is 1.10 bits per heavy atom. The lowest BCUT2D eigenvalue weighted by Gasteiger charge is -2.12. The average Bonchev–Trinajstić information content (AvgIpc) is 2.52. The molecule has 0 unspecified atom stereocenters. The molecule has 2 rings (SSSR count). The van der Waals surface area contributed by atoms with Gasteiger partial charge in [0, 0.05) is 0 Å². The number of carboxylic acid groups (broad SMARTS) is 1. The first kappa shape index (κ1) is 14.5. The lowest BCUT2D eigenvalue weighted by atomic mass is 9.95. The molecule has 0 saturated heterocycles. The molecule has 0 spiro atoms. The number of carboxylic acids is 1. The Kier molecular flexibility index (Phi) is 4.51. The van der Waals surface area contributed by atoms with Gasteiger partial charge in [0.1, 0.15) is 6.61 Å². The Morgan fingerprint density at radius 2 is 1.81 bits per heavy atom. The lowest BCUT2D eigenvalue weighted by molar-refractivity contribution is 0.0537. The molecule has 21 heavy (non-hydrogen) atoms. The van der Waals surface area contributed by atoms with Crippen molar-refractivity contribution in [1.29, 1.82) is 0 Å². The number of carbonyl (C=O) groups excluding carboxylic acids is 1. The molecule has 0 saturated carbocycles. The molecule has 0 atom stereocenters. The van der Waals surface area contributed by atoms with Gasteiger partial charge in [0.05, 0.1) is 11.1 Å². The number of esters is 1. The van der Waals surface area contributed by atoms with Crippen LogP contribution in [0.15, 0.2) is 61.2 Å². The maximum Gasteiger partial charge on any atom is 0.339 e. The molecule has 0 aromatic heterocycles. The summed E-state index contributed by atoms with van der Waals surface area (Å²) >= 11 is 0. The molecule has 4 heteroatoms. The van der Waals surface area contributed by atoms with Crippen molar-refractivity contribution in [2.45, 2.75) is 0 Å². The van der Waals surface area contributed by atoms with Crippen molar-refractivity contribution in [2.24, 2.45) is 0 Å². The van der Waals surface area contributed by atoms with E-state index in [9.17, 15) is 14.7 Å². The number of benzene rings is 2. The molecule has 0 radical (unpaired) electrons. The number of carbonyl (C=O) groups is 2. The highest BCUT2D eigenvalue weighted by Crippen LogP contribution is 2.27. The summed E-state index contributed by atoms with van der Waals surface area (Å²) in [5, 5.41) is 9.28. The van der Waals surface area contributed by atoms with Crippen molar-refractivity contribution in [3.05, 3.63) is 72.3 Å². The fraction of sp³-hybridized carbons (Fsp3) is 0.0588. The van der Waals surface area contributed by atoms with Crippen LogP contribution in [0.25, 0.3) is 11.1 Å². The average molecular weight is 282 g/mol. The SMILES string of the molecule is C=CCOC(=O)c1c(C(=O)O)cccc1-c1ccccc1. The highest BCUT2D eigenvalue weighted by atomic mass is 16.5. The van der Waals surface area contributed by atoms with Gasteiger partial charge >= 0.3 is 11.9 Å². The molecule has 0 heterocycles. The van der Waals surface area contributed by atoms with Gasteiger partial charge in [0.15, 0.2) is 0 Å². The molecule has 0 aliphatic rings. The third kappa shape index (κ3) is 3.17. The molecule has 1 N–H and O–H groups in total. The maximum atomic E-state index is 12.2. The van der Waals surface area contributed by atoms with Gasteiger partial charge in [0.2, 0.25) is 0 Å². The maximum absolute atomic E-state index is 12.2. The first-order valence-electron chi connectivity index (χ1n) is 6.35. The molecule has 0 fully saturated rings. The largest absolute Gasteiger partial charge is 0.478 e. The minimum Gasteiger partial charge on any atom is -0.478 e. The summed E-state index contributed by atoms with van der Waals surface area (Å²) in [5.74, 6) is -1.84. The monoisotopic (exact) mass is 282 g/mol. The molecule has 0 aliphatic heterocycles. The molecule has 4 nitrogen and oxygen atoms in total. The molecule has 106 valence electrons. The number of aromatic carboxylic acids is 1. The van der Waals surface area contributed by atoms with Crippen LogP contribution in [0.5, 0.6) is 0 Å². The van der Waals surface area contributed by atoms with Crippen LogP contribution in [0.1, 0.15) is 20.7 Å². The number of rotatable bonds is 5. The Hall–Kier alpha value is -2.88. The van der Waals surface area contributed by atoms with Gasteiger partial charge in [0.25, 0.3) is 0 Å². The first-order valence-corrected chi connectivity index (χ1v) is 6.35. The molecule has 0 bridgehead atoms. The molecular weight excluding hydrogens is 268 g/mol. The smallest absolute Gasteiger partial charge is 0.339 e. The van der Waals surface area contributed by atoms with Gasteiger partial charge in [-0.3, -0.25) is 0 Å². The standard InChI is InChI=1S/C17H14O4/c1-2-11-21-17(20)15-13(12-7-4-3-5-8-12)9-6-10-14(15)16(18)19/h2-10H,1,11H2,(H,18,19). The normalized spacial score (nSPS) is 9.90. The van der Waals surface area contributed by atoms with Crippen molar-refractivity contribution in [1.82, 2.24) is 0 Å². The van der Waals surface area contributed by atoms with E-state index >= 15 is 0 Å². The summed E-state index contributed by atoms with van der Waals surface area (Å²) in [6.07, 6.45) is 1.43. The summed E-state index contributed by atoms with van der Waals surface area (Å²) in [4.78, 5) is 23.5. The second-order valence-corrected chi connectivity index (χ2v) is 4.29. The molecular formula is C17H14O4. The minimum atomic E-state index is -1.17. The summed E-state index contributed by atoms with van der Waals surface area (Å²) < 4.78 is 5.01. The predicted molar refractivity (Wildman–Crippen MR) is 79.3 cm³/mol. The Labute approximate surface area is 122 Å². The zero-order valence-corrected chi connectivity index (χ0v) is 11.3. The van der Waals surface area contributed by atoms with Crippen LogP contribution in [-0.4, -0.2) is 23.7 Å². The summed E-state index contributed by atoms with van der Waals surface area (Å²) in [6, 6.07) is 13.8. The van der Waals surface area contributed by atoms with Gasteiger partial charge in [-0.1, -0.05) is 55.1 Å². The van der Waals surface area contributed by atoms with E-state index in [2.05, 4.69) is 6.58 Å². The van der Waals surface area contributed by atoms with Gasteiger partial charge < -0.3 is 9.84 Å². The number of hydrogen-bond acceptors (Lipinski definition) is 3. The Morgan fingerprint density at radius 3 is 2.43 bits per heavy atom. The zero-order valence-electron chi connectivity index (χ0n) is 11.3. The van der Waals surface area contributed by atoms with Gasteiger partial charge in [-0.25, -0.2) is 9.59 Å². The number of ether oxygens (including phenoxy) is 1. The highest BCUT2D eigenvalue weighted by Gasteiger charge is 2.22. The molecule has 2 aromatic carbocycles. The van der Waals surface area contributed by atoms with E-state index in [1.54, 1.807) is 12.1 Å². The highest BCUT2D eigenvalue weighted by molar-refractivity contribution is 6.07. The van der Waals surface area contributed by atoms with Crippen LogP contribution in [0.4, 0.5) is 0 Å². The van der Waals surface area contributed by atoms with Gasteiger partial charge in [-0.15, -0.1) is 0 Å². The second-order valence-electron chi connectivity index (χ2n) is 4.29. The summed E-state index contributed by atoms with van der Waals surface area (Å²) in [5.41, 5.74) is 1.26. The van der Waals surface area contributed by atoms with E-state index in [4.69, 9.17) is 4.74 Å². The van der Waals surface area contributed by atoms with Crippen LogP contribution in [-0.2, 0) is 4.74 Å². The number of hydrogen-bond donors (Lipinski definition) is 1. The van der Waals surface area contributed by atoms with Crippen LogP contribution < -0.4 is 0 Å². The van der Waals surface area contributed by atoms with Crippen molar-refractivity contribution >= 4 is 11.9 Å². The molecule has 2 aromatic rings. The first-order chi connectivity index (χ1) is 10.1. The quantitative estimate of drug-likeness (QED) is 0.674. The van der Waals surface area contributed by atoms with E-state index in [0.717, 1.165) is 5.56 Å². The van der Waals surface area contributed by atoms with E-state index in [1.807, 2.05) is 30.3 Å². The Bertz CT molecular complexity index is 674. The second kappa shape index (κ2) is 6.52. The summed E-state index contributed by atoms with van der Waals surface area (Å²) in [6.45, 7) is 3.50. The topological polar surface area (TPSA) is 63.6 Å². The van der Waals surface area contributed by atoms with Gasteiger partial charge in [-0.2, -0.15) is 0 Å². The summed E-state index contributed by atoms with van der Waals surface area (Å²) in [7, 11) is 0. The third-order valence-electron chi connectivity index (χ3n) is 2.92. The van der Waals surface area contributed by atoms with E-state index in [0.29, 0.717) is 5.56 Å². The van der Waals surface area contributed by atoms with Crippen molar-refractivity contribution in [2.75, 3.05) is 6.61 Å². The van der Waals surface area contributed by atoms with Crippen molar-refractivity contribution in [3.63, 3.8) is 0 Å². The predicted octanol–water partition coefficient (Wildman–Crippen LogP) is 3.39. The van der Waals surface area contributed by atoms with Crippen molar-refractivity contribution < 1.29 is 19.4 Å². The fourth-order valence-electron chi connectivity index (χ4n) is 2.02. The molecule has 0 aliphatic carbocycles.